The Morgan fingerprint density at radius 2 is 2.20 bits per heavy atom. The van der Waals surface area contributed by atoms with Crippen LogP contribution >= 0.6 is 11.3 Å². The van der Waals surface area contributed by atoms with Crippen molar-refractivity contribution in [2.45, 2.75) is 39.7 Å². The van der Waals surface area contributed by atoms with Crippen LogP contribution < -0.4 is 10.6 Å². The second-order valence-corrected chi connectivity index (χ2v) is 5.68. The number of carboxylic acids is 1. The van der Waals surface area contributed by atoms with E-state index in [0.29, 0.717) is 19.4 Å². The van der Waals surface area contributed by atoms with Gasteiger partial charge < -0.3 is 15.7 Å². The van der Waals surface area contributed by atoms with Gasteiger partial charge in [0.2, 0.25) is 0 Å². The van der Waals surface area contributed by atoms with E-state index >= 15 is 0 Å². The fourth-order valence-electron chi connectivity index (χ4n) is 1.68. The zero-order valence-electron chi connectivity index (χ0n) is 12.0. The van der Waals surface area contributed by atoms with Gasteiger partial charge in [-0.3, -0.25) is 0 Å². The number of thiazole rings is 1. The van der Waals surface area contributed by atoms with Crippen molar-refractivity contribution in [1.29, 1.82) is 0 Å². The molecule has 0 fully saturated rings. The lowest BCUT2D eigenvalue weighted by Gasteiger charge is -2.20. The number of amides is 2. The standard InChI is InChI=1S/C13H21N3O3S/c1-4-8(2)11(12(17)18)16-13(19)14-6-5-10-15-9(3)7-20-10/h7-8,11H,4-6H2,1-3H3,(H,17,18)(H2,14,16,19). The van der Waals surface area contributed by atoms with Gasteiger partial charge in [-0.1, -0.05) is 20.3 Å². The van der Waals surface area contributed by atoms with Crippen molar-refractivity contribution in [2.24, 2.45) is 5.92 Å². The molecule has 0 aliphatic rings. The third-order valence-electron chi connectivity index (χ3n) is 3.06. The summed E-state index contributed by atoms with van der Waals surface area (Å²) < 4.78 is 0. The molecule has 112 valence electrons. The average Bonchev–Trinajstić information content (AvgIpc) is 2.80. The molecule has 1 heterocycles. The number of carbonyl (C=O) groups excluding carboxylic acids is 1. The highest BCUT2D eigenvalue weighted by Crippen LogP contribution is 2.09. The Kier molecular flexibility index (Phi) is 6.44. The lowest BCUT2D eigenvalue weighted by molar-refractivity contribution is -0.140. The quantitative estimate of drug-likeness (QED) is 0.716. The van der Waals surface area contributed by atoms with Crippen LogP contribution in [0, 0.1) is 12.8 Å². The first-order chi connectivity index (χ1) is 9.43. The number of aliphatic carboxylic acids is 1. The van der Waals surface area contributed by atoms with Crippen LogP contribution in [-0.4, -0.2) is 34.7 Å². The van der Waals surface area contributed by atoms with E-state index in [9.17, 15) is 9.59 Å². The highest BCUT2D eigenvalue weighted by atomic mass is 32.1. The number of urea groups is 1. The van der Waals surface area contributed by atoms with Crippen LogP contribution in [0.5, 0.6) is 0 Å². The molecule has 2 unspecified atom stereocenters. The molecule has 0 aliphatic heterocycles. The van der Waals surface area contributed by atoms with Crippen molar-refractivity contribution in [3.05, 3.63) is 16.1 Å². The van der Waals surface area contributed by atoms with Gasteiger partial charge in [0.15, 0.2) is 0 Å². The van der Waals surface area contributed by atoms with Crippen LogP contribution in [0.3, 0.4) is 0 Å². The number of hydrogen-bond acceptors (Lipinski definition) is 4. The predicted octanol–water partition coefficient (Wildman–Crippen LogP) is 1.79. The van der Waals surface area contributed by atoms with Crippen molar-refractivity contribution >= 4 is 23.3 Å². The monoisotopic (exact) mass is 299 g/mol. The van der Waals surface area contributed by atoms with Gasteiger partial charge >= 0.3 is 12.0 Å². The highest BCUT2D eigenvalue weighted by Gasteiger charge is 2.24. The van der Waals surface area contributed by atoms with Gasteiger partial charge in [0.25, 0.3) is 0 Å². The number of carboxylic acid groups (broad SMARTS) is 1. The molecule has 0 aromatic carbocycles. The predicted molar refractivity (Wildman–Crippen MR) is 78.0 cm³/mol. The van der Waals surface area contributed by atoms with Crippen molar-refractivity contribution in [2.75, 3.05) is 6.54 Å². The summed E-state index contributed by atoms with van der Waals surface area (Å²) in [5, 5.41) is 17.1. The third kappa shape index (κ3) is 5.16. The van der Waals surface area contributed by atoms with Crippen LogP contribution in [0.4, 0.5) is 4.79 Å². The molecule has 1 aromatic rings. The summed E-state index contributed by atoms with van der Waals surface area (Å²) in [6.45, 7) is 6.05. The summed E-state index contributed by atoms with van der Waals surface area (Å²) in [4.78, 5) is 27.0. The van der Waals surface area contributed by atoms with E-state index in [1.165, 1.54) is 0 Å². The van der Waals surface area contributed by atoms with E-state index in [0.717, 1.165) is 10.7 Å². The number of aromatic nitrogens is 1. The number of hydrogen-bond donors (Lipinski definition) is 3. The van der Waals surface area contributed by atoms with Crippen LogP contribution in [0.2, 0.25) is 0 Å². The van der Waals surface area contributed by atoms with Gasteiger partial charge in [-0.05, 0) is 12.8 Å². The summed E-state index contributed by atoms with van der Waals surface area (Å²) in [6, 6.07) is -1.31. The van der Waals surface area contributed by atoms with E-state index in [1.807, 2.05) is 19.2 Å². The largest absolute Gasteiger partial charge is 0.480 e. The number of nitrogens with one attached hydrogen (secondary N) is 2. The molecule has 2 atom stereocenters. The fourth-order valence-corrected chi connectivity index (χ4v) is 2.45. The molecule has 0 radical (unpaired) electrons. The molecule has 6 nitrogen and oxygen atoms in total. The summed E-state index contributed by atoms with van der Waals surface area (Å²) in [5.74, 6) is -1.12. The average molecular weight is 299 g/mol. The number of rotatable bonds is 7. The second-order valence-electron chi connectivity index (χ2n) is 4.73. The van der Waals surface area contributed by atoms with Crippen LogP contribution in [0.25, 0.3) is 0 Å². The first-order valence-electron chi connectivity index (χ1n) is 6.62. The molecule has 3 N–H and O–H groups in total. The van der Waals surface area contributed by atoms with Crippen LogP contribution in [0.15, 0.2) is 5.38 Å². The maximum absolute atomic E-state index is 11.7. The Hall–Kier alpha value is -1.63. The molecular formula is C13H21N3O3S. The first-order valence-corrected chi connectivity index (χ1v) is 7.50. The van der Waals surface area contributed by atoms with Gasteiger partial charge in [-0.15, -0.1) is 11.3 Å². The summed E-state index contributed by atoms with van der Waals surface area (Å²) in [6.07, 6.45) is 1.34. The topological polar surface area (TPSA) is 91.3 Å². The molecule has 2 amide bonds. The lowest BCUT2D eigenvalue weighted by Crippen LogP contribution is -2.49. The summed E-state index contributed by atoms with van der Waals surface area (Å²) in [7, 11) is 0. The molecule has 1 aromatic heterocycles. The van der Waals surface area contributed by atoms with E-state index in [2.05, 4.69) is 15.6 Å². The third-order valence-corrected chi connectivity index (χ3v) is 4.08. The van der Waals surface area contributed by atoms with E-state index < -0.39 is 18.0 Å². The first kappa shape index (κ1) is 16.4. The zero-order chi connectivity index (χ0) is 15.1. The molecule has 0 saturated carbocycles. The van der Waals surface area contributed by atoms with Crippen molar-refractivity contribution < 1.29 is 14.7 Å². The Bertz CT molecular complexity index is 461. The SMILES string of the molecule is CCC(C)C(NC(=O)NCCc1nc(C)cs1)C(=O)O. The molecule has 0 aliphatic carbocycles. The minimum atomic E-state index is -1.01. The van der Waals surface area contributed by atoms with Gasteiger partial charge in [-0.2, -0.15) is 0 Å². The van der Waals surface area contributed by atoms with Gasteiger partial charge in [0, 0.05) is 24.0 Å². The maximum Gasteiger partial charge on any atom is 0.326 e. The number of aryl methyl sites for hydroxylation is 1. The molecule has 0 spiro atoms. The second kappa shape index (κ2) is 7.84. The van der Waals surface area contributed by atoms with Crippen LogP contribution in [0.1, 0.15) is 31.0 Å². The fraction of sp³-hybridized carbons (Fsp3) is 0.615. The Labute approximate surface area is 122 Å². The summed E-state index contributed by atoms with van der Waals surface area (Å²) in [5.41, 5.74) is 0.970. The van der Waals surface area contributed by atoms with E-state index in [-0.39, 0.29) is 5.92 Å². The molecule has 0 bridgehead atoms. The van der Waals surface area contributed by atoms with Gasteiger partial charge in [-0.25, -0.2) is 14.6 Å². The van der Waals surface area contributed by atoms with E-state index in [1.54, 1.807) is 18.3 Å². The minimum absolute atomic E-state index is 0.111. The number of nitrogens with zero attached hydrogens (tertiary/aromatic N) is 1. The molecule has 0 saturated heterocycles. The van der Waals surface area contributed by atoms with Gasteiger partial charge in [0.05, 0.1) is 5.01 Å². The minimum Gasteiger partial charge on any atom is -0.480 e. The lowest BCUT2D eigenvalue weighted by atomic mass is 9.99. The molecule has 7 heteroatoms. The Morgan fingerprint density at radius 3 is 2.70 bits per heavy atom. The van der Waals surface area contributed by atoms with Crippen molar-refractivity contribution in [3.8, 4) is 0 Å². The Balaban J connectivity index is 2.36. The molecule has 20 heavy (non-hydrogen) atoms. The van der Waals surface area contributed by atoms with Gasteiger partial charge in [0.1, 0.15) is 6.04 Å². The molecular weight excluding hydrogens is 278 g/mol. The highest BCUT2D eigenvalue weighted by molar-refractivity contribution is 7.09. The van der Waals surface area contributed by atoms with Crippen molar-refractivity contribution in [3.63, 3.8) is 0 Å². The normalized spacial score (nSPS) is 13.6. The van der Waals surface area contributed by atoms with Crippen molar-refractivity contribution in [1.82, 2.24) is 15.6 Å². The smallest absolute Gasteiger partial charge is 0.326 e. The zero-order valence-corrected chi connectivity index (χ0v) is 12.8. The maximum atomic E-state index is 11.7. The molecule has 1 rings (SSSR count). The number of carbonyl (C=O) groups is 2. The van der Waals surface area contributed by atoms with Crippen LogP contribution in [-0.2, 0) is 11.2 Å². The summed E-state index contributed by atoms with van der Waals surface area (Å²) >= 11 is 1.55. The van der Waals surface area contributed by atoms with E-state index in [4.69, 9.17) is 5.11 Å². The Morgan fingerprint density at radius 1 is 1.50 bits per heavy atom.